The molecule has 2 aromatic carbocycles. The molecule has 0 spiro atoms. The normalized spacial score (nSPS) is 11.8. The van der Waals surface area contributed by atoms with E-state index in [1.54, 1.807) is 0 Å². The van der Waals surface area contributed by atoms with Gasteiger partial charge < -0.3 is 10.1 Å². The van der Waals surface area contributed by atoms with Crippen LogP contribution >= 0.6 is 15.9 Å². The summed E-state index contributed by atoms with van der Waals surface area (Å²) in [5.74, 6) is 1.09. The van der Waals surface area contributed by atoms with Gasteiger partial charge in [-0.25, -0.2) is 0 Å². The molecule has 23 heavy (non-hydrogen) atoms. The molecule has 2 rings (SSSR count). The summed E-state index contributed by atoms with van der Waals surface area (Å²) in [6, 6.07) is 15.5. The zero-order valence-corrected chi connectivity index (χ0v) is 15.1. The van der Waals surface area contributed by atoms with Gasteiger partial charge in [0.1, 0.15) is 5.75 Å². The van der Waals surface area contributed by atoms with Gasteiger partial charge in [0.25, 0.3) is 5.91 Å². The fraction of sp³-hybridized carbons (Fsp3) is 0.316. The molecule has 0 fully saturated rings. The molecule has 0 aromatic heterocycles. The fourth-order valence-corrected chi connectivity index (χ4v) is 2.80. The molecule has 0 saturated carbocycles. The molecule has 2 aromatic rings. The second-order valence-corrected chi connectivity index (χ2v) is 6.52. The van der Waals surface area contributed by atoms with Crippen molar-refractivity contribution in [3.8, 4) is 5.75 Å². The molecular formula is C19H22BrNO2. The van der Waals surface area contributed by atoms with Gasteiger partial charge in [0.05, 0.1) is 0 Å². The molecule has 1 N–H and O–H groups in total. The number of anilines is 1. The Labute approximate surface area is 146 Å². The number of rotatable bonds is 7. The molecule has 0 saturated heterocycles. The van der Waals surface area contributed by atoms with Crippen LogP contribution < -0.4 is 10.1 Å². The minimum atomic E-state index is -0.175. The summed E-state index contributed by atoms with van der Waals surface area (Å²) in [6.45, 7) is 4.42. The minimum absolute atomic E-state index is 0.00360. The molecule has 1 atom stereocenters. The molecule has 0 heterocycles. The van der Waals surface area contributed by atoms with Gasteiger partial charge in [-0.2, -0.15) is 0 Å². The molecule has 1 amide bonds. The van der Waals surface area contributed by atoms with E-state index in [2.05, 4.69) is 47.2 Å². The van der Waals surface area contributed by atoms with E-state index in [4.69, 9.17) is 4.74 Å². The SMILES string of the molecule is CCCC(C)c1ccc(OCC(=O)Nc2cccc(Br)c2)cc1. The van der Waals surface area contributed by atoms with Gasteiger partial charge in [-0.05, 0) is 48.2 Å². The molecule has 0 bridgehead atoms. The van der Waals surface area contributed by atoms with E-state index in [1.165, 1.54) is 18.4 Å². The maximum absolute atomic E-state index is 11.9. The van der Waals surface area contributed by atoms with Gasteiger partial charge in [-0.15, -0.1) is 0 Å². The van der Waals surface area contributed by atoms with Crippen LogP contribution in [0.1, 0.15) is 38.2 Å². The number of hydrogen-bond acceptors (Lipinski definition) is 2. The largest absolute Gasteiger partial charge is 0.484 e. The van der Waals surface area contributed by atoms with Crippen LogP contribution in [0.25, 0.3) is 0 Å². The van der Waals surface area contributed by atoms with Crippen LogP contribution in [0, 0.1) is 0 Å². The molecular weight excluding hydrogens is 354 g/mol. The Hall–Kier alpha value is -1.81. The van der Waals surface area contributed by atoms with Gasteiger partial charge in [-0.1, -0.05) is 54.4 Å². The topological polar surface area (TPSA) is 38.3 Å². The molecule has 122 valence electrons. The van der Waals surface area contributed by atoms with Gasteiger partial charge in [-0.3, -0.25) is 4.79 Å². The van der Waals surface area contributed by atoms with Gasteiger partial charge in [0.15, 0.2) is 6.61 Å². The lowest BCUT2D eigenvalue weighted by Gasteiger charge is -2.12. The van der Waals surface area contributed by atoms with Gasteiger partial charge >= 0.3 is 0 Å². The molecule has 0 aliphatic rings. The van der Waals surface area contributed by atoms with Crippen LogP contribution in [-0.4, -0.2) is 12.5 Å². The Bertz CT molecular complexity index is 640. The minimum Gasteiger partial charge on any atom is -0.484 e. The van der Waals surface area contributed by atoms with Crippen molar-refractivity contribution in [2.45, 2.75) is 32.6 Å². The maximum atomic E-state index is 11.9. The first-order valence-corrected chi connectivity index (χ1v) is 8.66. The Morgan fingerprint density at radius 3 is 2.61 bits per heavy atom. The third-order valence-corrected chi connectivity index (χ3v) is 4.14. The van der Waals surface area contributed by atoms with Crippen molar-refractivity contribution < 1.29 is 9.53 Å². The van der Waals surface area contributed by atoms with E-state index in [-0.39, 0.29) is 12.5 Å². The average Bonchev–Trinajstić information content (AvgIpc) is 2.54. The first-order chi connectivity index (χ1) is 11.1. The second-order valence-electron chi connectivity index (χ2n) is 5.61. The zero-order chi connectivity index (χ0) is 16.7. The van der Waals surface area contributed by atoms with Crippen LogP contribution in [0.4, 0.5) is 5.69 Å². The van der Waals surface area contributed by atoms with Crippen LogP contribution in [0.5, 0.6) is 5.75 Å². The van der Waals surface area contributed by atoms with E-state index in [0.29, 0.717) is 11.7 Å². The monoisotopic (exact) mass is 375 g/mol. The summed E-state index contributed by atoms with van der Waals surface area (Å²) in [5, 5.41) is 2.81. The van der Waals surface area contributed by atoms with Crippen molar-refractivity contribution in [2.24, 2.45) is 0 Å². The predicted octanol–water partition coefficient (Wildman–Crippen LogP) is 5.37. The van der Waals surface area contributed by atoms with Crippen molar-refractivity contribution in [3.05, 3.63) is 58.6 Å². The van der Waals surface area contributed by atoms with Crippen LogP contribution in [0.3, 0.4) is 0 Å². The van der Waals surface area contributed by atoms with Crippen LogP contribution in [-0.2, 0) is 4.79 Å². The standard InChI is InChI=1S/C19H22BrNO2/c1-3-5-14(2)15-8-10-18(11-9-15)23-13-19(22)21-17-7-4-6-16(20)12-17/h4,6-12,14H,3,5,13H2,1-2H3,(H,21,22). The van der Waals surface area contributed by atoms with Crippen LogP contribution in [0.2, 0.25) is 0 Å². The third-order valence-electron chi connectivity index (χ3n) is 3.65. The van der Waals surface area contributed by atoms with Crippen molar-refractivity contribution in [2.75, 3.05) is 11.9 Å². The summed E-state index contributed by atoms with van der Waals surface area (Å²) in [6.07, 6.45) is 2.35. The van der Waals surface area contributed by atoms with E-state index in [1.807, 2.05) is 36.4 Å². The van der Waals surface area contributed by atoms with E-state index in [0.717, 1.165) is 10.2 Å². The molecule has 1 unspecified atom stereocenters. The quantitative estimate of drug-likeness (QED) is 0.706. The number of carbonyl (C=O) groups excluding carboxylic acids is 1. The fourth-order valence-electron chi connectivity index (χ4n) is 2.40. The third kappa shape index (κ3) is 5.71. The van der Waals surface area contributed by atoms with Gasteiger partial charge in [0.2, 0.25) is 0 Å². The number of amides is 1. The van der Waals surface area contributed by atoms with Crippen molar-refractivity contribution in [3.63, 3.8) is 0 Å². The summed E-state index contributed by atoms with van der Waals surface area (Å²) in [5.41, 5.74) is 2.05. The van der Waals surface area contributed by atoms with Crippen molar-refractivity contribution in [1.82, 2.24) is 0 Å². The predicted molar refractivity (Wildman–Crippen MR) is 98.0 cm³/mol. The highest BCUT2D eigenvalue weighted by Crippen LogP contribution is 2.23. The number of carbonyl (C=O) groups is 1. The van der Waals surface area contributed by atoms with E-state index < -0.39 is 0 Å². The Kier molecular flexibility index (Phi) is 6.66. The Balaban J connectivity index is 1.84. The lowest BCUT2D eigenvalue weighted by molar-refractivity contribution is -0.118. The first-order valence-electron chi connectivity index (χ1n) is 7.86. The highest BCUT2D eigenvalue weighted by molar-refractivity contribution is 9.10. The Morgan fingerprint density at radius 2 is 1.96 bits per heavy atom. The smallest absolute Gasteiger partial charge is 0.262 e. The van der Waals surface area contributed by atoms with Gasteiger partial charge in [0, 0.05) is 10.2 Å². The molecule has 0 aliphatic carbocycles. The molecule has 3 nitrogen and oxygen atoms in total. The van der Waals surface area contributed by atoms with E-state index >= 15 is 0 Å². The Morgan fingerprint density at radius 1 is 1.22 bits per heavy atom. The number of hydrogen-bond donors (Lipinski definition) is 1. The summed E-state index contributed by atoms with van der Waals surface area (Å²) >= 11 is 3.37. The number of halogens is 1. The number of benzene rings is 2. The van der Waals surface area contributed by atoms with Crippen LogP contribution in [0.15, 0.2) is 53.0 Å². The lowest BCUT2D eigenvalue weighted by atomic mass is 9.97. The average molecular weight is 376 g/mol. The first kappa shape index (κ1) is 17.5. The zero-order valence-electron chi connectivity index (χ0n) is 13.5. The summed E-state index contributed by atoms with van der Waals surface area (Å²) in [7, 11) is 0. The maximum Gasteiger partial charge on any atom is 0.262 e. The van der Waals surface area contributed by atoms with Crippen molar-refractivity contribution >= 4 is 27.5 Å². The number of nitrogens with one attached hydrogen (secondary N) is 1. The highest BCUT2D eigenvalue weighted by Gasteiger charge is 2.06. The summed E-state index contributed by atoms with van der Waals surface area (Å²) < 4.78 is 6.47. The number of ether oxygens (including phenoxy) is 1. The molecule has 0 radical (unpaired) electrons. The summed E-state index contributed by atoms with van der Waals surface area (Å²) in [4.78, 5) is 11.9. The lowest BCUT2D eigenvalue weighted by Crippen LogP contribution is -2.20. The molecule has 4 heteroatoms. The van der Waals surface area contributed by atoms with Crippen molar-refractivity contribution in [1.29, 1.82) is 0 Å². The highest BCUT2D eigenvalue weighted by atomic mass is 79.9. The second kappa shape index (κ2) is 8.73. The molecule has 0 aliphatic heterocycles. The van der Waals surface area contributed by atoms with E-state index in [9.17, 15) is 4.79 Å².